The van der Waals surface area contributed by atoms with Crippen molar-refractivity contribution in [2.45, 2.75) is 514 Å². The average Bonchev–Trinajstić information content (AvgIpc) is 3.60. The lowest BCUT2D eigenvalue weighted by molar-refractivity contribution is -0.143. The normalized spacial score (nSPS) is 12.4. The molecule has 2 unspecified atom stereocenters. The minimum Gasteiger partial charge on any atom is -0.466 e. The molecule has 0 aromatic carbocycles. The zero-order valence-corrected chi connectivity index (χ0v) is 61.9. The summed E-state index contributed by atoms with van der Waals surface area (Å²) in [6.07, 6.45) is 101. The highest BCUT2D eigenvalue weighted by atomic mass is 16.5. The number of carbonyl (C=O) groups excluding carboxylic acids is 2. The summed E-state index contributed by atoms with van der Waals surface area (Å²) >= 11 is 0. The molecule has 3 N–H and O–H groups in total. The van der Waals surface area contributed by atoms with E-state index in [1.165, 1.54) is 430 Å². The van der Waals surface area contributed by atoms with Crippen LogP contribution in [0.4, 0.5) is 0 Å². The highest BCUT2D eigenvalue weighted by Gasteiger charge is 2.20. The van der Waals surface area contributed by atoms with Gasteiger partial charge in [-0.15, -0.1) is 0 Å². The summed E-state index contributed by atoms with van der Waals surface area (Å²) in [5.41, 5.74) is 0. The molecule has 6 heteroatoms. The van der Waals surface area contributed by atoms with Gasteiger partial charge in [-0.1, -0.05) is 463 Å². The van der Waals surface area contributed by atoms with Gasteiger partial charge in [0, 0.05) is 12.8 Å². The van der Waals surface area contributed by atoms with Gasteiger partial charge in [0.25, 0.3) is 0 Å². The van der Waals surface area contributed by atoms with Crippen molar-refractivity contribution in [3.8, 4) is 0 Å². The molecule has 2 atom stereocenters. The molecule has 0 heterocycles. The van der Waals surface area contributed by atoms with Crippen LogP contribution in [-0.4, -0.2) is 47.4 Å². The Morgan fingerprint density at radius 1 is 0.267 bits per heavy atom. The molecule has 0 aliphatic carbocycles. The van der Waals surface area contributed by atoms with Gasteiger partial charge in [0.2, 0.25) is 5.91 Å². The number of aliphatic hydroxyl groups is 2. The van der Waals surface area contributed by atoms with Crippen LogP contribution in [0.3, 0.4) is 0 Å². The lowest BCUT2D eigenvalue weighted by Gasteiger charge is -2.22. The van der Waals surface area contributed by atoms with Crippen LogP contribution < -0.4 is 5.32 Å². The first-order chi connectivity index (χ1) is 44.5. The molecular weight excluding hydrogens is 1100 g/mol. The third-order valence-electron chi connectivity index (χ3n) is 20.4. The summed E-state index contributed by atoms with van der Waals surface area (Å²) in [5.74, 6) is 0.00584. The van der Waals surface area contributed by atoms with Crippen molar-refractivity contribution < 1.29 is 24.5 Å². The standard InChI is InChI=1S/C84H167NO5/c1-3-5-7-9-11-13-15-17-19-21-41-46-50-54-58-62-66-70-74-78-84(89)90-79-75-71-67-63-59-55-51-47-43-40-38-36-34-32-30-28-26-24-22-23-25-27-29-31-33-35-37-39-42-45-49-53-57-61-65-69-73-77-83(88)85-81(80-86)82(87)76-72-68-64-60-56-52-48-44-20-18-16-14-12-10-8-6-4-2/h81-82,86-87H,3-80H2,1-2H3,(H,85,88). The SMILES string of the molecule is CCCCCCCCCCCCCCCCCCCCCC(=O)OCCCCCCCCCCCCCCCCCCCCCCCCCCCCCCCCCCCCCCCC(=O)NC(CO)C(O)CCCCCCCCCCCCCCCCCCC. The summed E-state index contributed by atoms with van der Waals surface area (Å²) in [4.78, 5) is 24.7. The number of carbonyl (C=O) groups is 2. The van der Waals surface area contributed by atoms with Gasteiger partial charge in [-0.3, -0.25) is 9.59 Å². The number of amides is 1. The van der Waals surface area contributed by atoms with E-state index in [4.69, 9.17) is 4.74 Å². The zero-order chi connectivity index (χ0) is 64.9. The summed E-state index contributed by atoms with van der Waals surface area (Å²) < 4.78 is 5.53. The number of hydrogen-bond acceptors (Lipinski definition) is 5. The topological polar surface area (TPSA) is 95.9 Å². The maximum atomic E-state index is 12.5. The first kappa shape index (κ1) is 88.9. The van der Waals surface area contributed by atoms with Gasteiger partial charge >= 0.3 is 5.97 Å². The van der Waals surface area contributed by atoms with Crippen molar-refractivity contribution in [3.05, 3.63) is 0 Å². The van der Waals surface area contributed by atoms with E-state index in [1.54, 1.807) is 0 Å². The third kappa shape index (κ3) is 75.9. The van der Waals surface area contributed by atoms with Gasteiger partial charge in [-0.25, -0.2) is 0 Å². The molecule has 1 amide bonds. The largest absolute Gasteiger partial charge is 0.466 e. The fraction of sp³-hybridized carbons (Fsp3) is 0.976. The Kier molecular flexibility index (Phi) is 79.3. The second-order valence-corrected chi connectivity index (χ2v) is 29.5. The van der Waals surface area contributed by atoms with E-state index in [9.17, 15) is 19.8 Å². The molecule has 0 spiro atoms. The number of hydrogen-bond donors (Lipinski definition) is 3. The molecule has 0 radical (unpaired) electrons. The van der Waals surface area contributed by atoms with Crippen LogP contribution in [0, 0.1) is 0 Å². The zero-order valence-electron chi connectivity index (χ0n) is 61.9. The monoisotopic (exact) mass is 1270 g/mol. The highest BCUT2D eigenvalue weighted by molar-refractivity contribution is 5.76. The van der Waals surface area contributed by atoms with Crippen LogP contribution in [0.1, 0.15) is 502 Å². The van der Waals surface area contributed by atoms with Crippen LogP contribution >= 0.6 is 0 Å². The van der Waals surface area contributed by atoms with E-state index >= 15 is 0 Å². The van der Waals surface area contributed by atoms with E-state index < -0.39 is 12.1 Å². The fourth-order valence-corrected chi connectivity index (χ4v) is 14.0. The van der Waals surface area contributed by atoms with E-state index in [1.807, 2.05) is 0 Å². The lowest BCUT2D eigenvalue weighted by Crippen LogP contribution is -2.45. The van der Waals surface area contributed by atoms with Crippen molar-refractivity contribution in [1.82, 2.24) is 5.32 Å². The maximum Gasteiger partial charge on any atom is 0.305 e. The summed E-state index contributed by atoms with van der Waals surface area (Å²) in [6.45, 7) is 5.02. The van der Waals surface area contributed by atoms with Crippen LogP contribution in [0.25, 0.3) is 0 Å². The number of nitrogens with one attached hydrogen (secondary N) is 1. The second-order valence-electron chi connectivity index (χ2n) is 29.5. The second kappa shape index (κ2) is 80.3. The first-order valence-corrected chi connectivity index (χ1v) is 42.3. The molecule has 90 heavy (non-hydrogen) atoms. The number of unbranched alkanes of at least 4 members (excludes halogenated alkanes) is 70. The molecule has 6 nitrogen and oxygen atoms in total. The van der Waals surface area contributed by atoms with Gasteiger partial charge < -0.3 is 20.3 Å². The Bertz CT molecular complexity index is 1320. The molecule has 0 bridgehead atoms. The molecule has 0 aliphatic rings. The highest BCUT2D eigenvalue weighted by Crippen LogP contribution is 2.21. The average molecular weight is 1270 g/mol. The summed E-state index contributed by atoms with van der Waals surface area (Å²) in [5, 5.41) is 23.4. The molecule has 0 aliphatic heterocycles. The molecule has 0 saturated carbocycles. The van der Waals surface area contributed by atoms with Gasteiger partial charge in [0.1, 0.15) is 0 Å². The number of esters is 1. The summed E-state index contributed by atoms with van der Waals surface area (Å²) in [6, 6.07) is -0.536. The molecule has 0 aromatic rings. The quantitative estimate of drug-likeness (QED) is 0.0417. The Morgan fingerprint density at radius 3 is 0.678 bits per heavy atom. The minimum absolute atomic E-state index is 0.0240. The smallest absolute Gasteiger partial charge is 0.305 e. The molecule has 0 rings (SSSR count). The molecule has 0 aromatic heterocycles. The Morgan fingerprint density at radius 2 is 0.456 bits per heavy atom. The molecule has 0 saturated heterocycles. The van der Waals surface area contributed by atoms with E-state index in [0.717, 1.165) is 38.5 Å². The van der Waals surface area contributed by atoms with Crippen molar-refractivity contribution in [2.24, 2.45) is 0 Å². The Labute approximate surface area is 566 Å². The Hall–Kier alpha value is -1.14. The Balaban J connectivity index is 3.27. The summed E-state index contributed by atoms with van der Waals surface area (Å²) in [7, 11) is 0. The van der Waals surface area contributed by atoms with Gasteiger partial charge in [-0.2, -0.15) is 0 Å². The van der Waals surface area contributed by atoms with E-state index in [-0.39, 0.29) is 18.5 Å². The van der Waals surface area contributed by atoms with Crippen LogP contribution in [0.2, 0.25) is 0 Å². The first-order valence-electron chi connectivity index (χ1n) is 42.3. The van der Waals surface area contributed by atoms with Crippen molar-refractivity contribution in [1.29, 1.82) is 0 Å². The predicted octanol–water partition coefficient (Wildman–Crippen LogP) is 28.1. The van der Waals surface area contributed by atoms with Gasteiger partial charge in [0.15, 0.2) is 0 Å². The van der Waals surface area contributed by atoms with E-state index in [2.05, 4.69) is 19.2 Å². The molecule has 538 valence electrons. The van der Waals surface area contributed by atoms with Crippen molar-refractivity contribution in [2.75, 3.05) is 13.2 Å². The maximum absolute atomic E-state index is 12.5. The van der Waals surface area contributed by atoms with Crippen LogP contribution in [0.15, 0.2) is 0 Å². The number of rotatable bonds is 81. The van der Waals surface area contributed by atoms with E-state index in [0.29, 0.717) is 25.9 Å². The third-order valence-corrected chi connectivity index (χ3v) is 20.4. The van der Waals surface area contributed by atoms with Gasteiger partial charge in [-0.05, 0) is 25.7 Å². The fourth-order valence-electron chi connectivity index (χ4n) is 14.0. The number of ether oxygens (including phenoxy) is 1. The minimum atomic E-state index is -0.660. The predicted molar refractivity (Wildman–Crippen MR) is 398 cm³/mol. The van der Waals surface area contributed by atoms with Crippen LogP contribution in [0.5, 0.6) is 0 Å². The number of aliphatic hydroxyl groups excluding tert-OH is 2. The van der Waals surface area contributed by atoms with Crippen molar-refractivity contribution in [3.63, 3.8) is 0 Å². The van der Waals surface area contributed by atoms with Crippen molar-refractivity contribution >= 4 is 11.9 Å². The lowest BCUT2D eigenvalue weighted by atomic mass is 10.0. The van der Waals surface area contributed by atoms with Crippen LogP contribution in [-0.2, 0) is 14.3 Å². The molecular formula is C84H167NO5. The molecule has 0 fully saturated rings. The van der Waals surface area contributed by atoms with Gasteiger partial charge in [0.05, 0.1) is 25.4 Å².